The Morgan fingerprint density at radius 3 is 2.55 bits per heavy atom. The number of rotatable bonds is 3. The van der Waals surface area contributed by atoms with Crippen LogP contribution in [0.2, 0.25) is 0 Å². The van der Waals surface area contributed by atoms with E-state index in [2.05, 4.69) is 5.10 Å². The minimum absolute atomic E-state index is 0.139. The van der Waals surface area contributed by atoms with Crippen LogP contribution >= 0.6 is 0 Å². The third kappa shape index (κ3) is 3.04. The van der Waals surface area contributed by atoms with E-state index >= 15 is 0 Å². The van der Waals surface area contributed by atoms with Crippen molar-refractivity contribution < 1.29 is 14.3 Å². The molecule has 0 aliphatic carbocycles. The maximum atomic E-state index is 13.8. The molecular formula is C15H17FN2O2. The van der Waals surface area contributed by atoms with E-state index in [1.54, 1.807) is 12.3 Å². The molecule has 4 nitrogen and oxygen atoms in total. The Morgan fingerprint density at radius 1 is 1.35 bits per heavy atom. The largest absolute Gasteiger partial charge is 0.481 e. The van der Waals surface area contributed by atoms with Crippen LogP contribution in [0, 0.1) is 5.82 Å². The Hall–Kier alpha value is -2.17. The summed E-state index contributed by atoms with van der Waals surface area (Å²) < 4.78 is 15.7. The zero-order valence-corrected chi connectivity index (χ0v) is 11.7. The van der Waals surface area contributed by atoms with Gasteiger partial charge < -0.3 is 5.11 Å². The standard InChI is InChI=1S/C15H17FN2O2/c1-15(2,3)18-9-12(8-17-18)10-4-5-11(7-14(19)20)13(16)6-10/h4-6,8-9H,7H2,1-3H3,(H,19,20). The van der Waals surface area contributed by atoms with Gasteiger partial charge in [0.15, 0.2) is 0 Å². The molecule has 1 heterocycles. The molecule has 0 unspecified atom stereocenters. The van der Waals surface area contributed by atoms with Gasteiger partial charge in [-0.15, -0.1) is 0 Å². The molecule has 1 N–H and O–H groups in total. The Morgan fingerprint density at radius 2 is 2.05 bits per heavy atom. The topological polar surface area (TPSA) is 55.1 Å². The average Bonchev–Trinajstić information content (AvgIpc) is 2.80. The van der Waals surface area contributed by atoms with Crippen LogP contribution in [0.4, 0.5) is 4.39 Å². The summed E-state index contributed by atoms with van der Waals surface area (Å²) in [4.78, 5) is 10.6. The van der Waals surface area contributed by atoms with Crippen molar-refractivity contribution in [2.45, 2.75) is 32.7 Å². The van der Waals surface area contributed by atoms with Crippen LogP contribution in [0.5, 0.6) is 0 Å². The first-order chi connectivity index (χ1) is 9.27. The van der Waals surface area contributed by atoms with E-state index in [4.69, 9.17) is 5.11 Å². The minimum atomic E-state index is -1.04. The Bertz CT molecular complexity index is 642. The number of carboxylic acid groups (broad SMARTS) is 1. The number of benzene rings is 1. The molecule has 0 aliphatic rings. The first-order valence-corrected chi connectivity index (χ1v) is 6.33. The number of hydrogen-bond acceptors (Lipinski definition) is 2. The molecular weight excluding hydrogens is 259 g/mol. The van der Waals surface area contributed by atoms with Crippen LogP contribution in [-0.4, -0.2) is 20.9 Å². The second-order valence-electron chi connectivity index (χ2n) is 5.72. The van der Waals surface area contributed by atoms with Crippen LogP contribution in [0.25, 0.3) is 11.1 Å². The zero-order valence-electron chi connectivity index (χ0n) is 11.7. The minimum Gasteiger partial charge on any atom is -0.481 e. The van der Waals surface area contributed by atoms with Crippen molar-refractivity contribution in [1.82, 2.24) is 9.78 Å². The van der Waals surface area contributed by atoms with Crippen LogP contribution in [-0.2, 0) is 16.8 Å². The lowest BCUT2D eigenvalue weighted by Gasteiger charge is -2.18. The van der Waals surface area contributed by atoms with Gasteiger partial charge in [-0.1, -0.05) is 12.1 Å². The highest BCUT2D eigenvalue weighted by Gasteiger charge is 2.15. The summed E-state index contributed by atoms with van der Waals surface area (Å²) in [6.07, 6.45) is 3.22. The molecule has 106 valence electrons. The summed E-state index contributed by atoms with van der Waals surface area (Å²) in [7, 11) is 0. The molecule has 0 bridgehead atoms. The van der Waals surface area contributed by atoms with Gasteiger partial charge >= 0.3 is 5.97 Å². The van der Waals surface area contributed by atoms with Crippen LogP contribution in [0.15, 0.2) is 30.6 Å². The Balaban J connectivity index is 2.32. The van der Waals surface area contributed by atoms with E-state index in [9.17, 15) is 9.18 Å². The summed E-state index contributed by atoms with van der Waals surface area (Å²) in [6.45, 7) is 6.08. The first-order valence-electron chi connectivity index (χ1n) is 6.33. The van der Waals surface area contributed by atoms with Crippen molar-refractivity contribution in [2.24, 2.45) is 0 Å². The summed E-state index contributed by atoms with van der Waals surface area (Å²) in [5, 5.41) is 13.0. The van der Waals surface area contributed by atoms with Gasteiger partial charge in [0.1, 0.15) is 5.82 Å². The molecule has 0 radical (unpaired) electrons. The fourth-order valence-electron chi connectivity index (χ4n) is 1.87. The van der Waals surface area contributed by atoms with Gasteiger partial charge in [-0.3, -0.25) is 9.48 Å². The zero-order chi connectivity index (χ0) is 14.9. The molecule has 2 aromatic rings. The van der Waals surface area contributed by atoms with E-state index in [1.165, 1.54) is 12.1 Å². The lowest BCUT2D eigenvalue weighted by Crippen LogP contribution is -2.21. The summed E-state index contributed by atoms with van der Waals surface area (Å²) in [5.74, 6) is -1.55. The number of hydrogen-bond donors (Lipinski definition) is 1. The van der Waals surface area contributed by atoms with E-state index in [1.807, 2.05) is 31.6 Å². The van der Waals surface area contributed by atoms with E-state index in [0.29, 0.717) is 5.56 Å². The molecule has 1 aromatic carbocycles. The smallest absolute Gasteiger partial charge is 0.307 e. The number of carbonyl (C=O) groups is 1. The number of aromatic nitrogens is 2. The van der Waals surface area contributed by atoms with Gasteiger partial charge in [-0.05, 0) is 38.0 Å². The van der Waals surface area contributed by atoms with Crippen LogP contribution in [0.1, 0.15) is 26.3 Å². The number of nitrogens with zero attached hydrogens (tertiary/aromatic N) is 2. The summed E-state index contributed by atoms with van der Waals surface area (Å²) in [6, 6.07) is 4.57. The van der Waals surface area contributed by atoms with Crippen molar-refractivity contribution in [3.8, 4) is 11.1 Å². The molecule has 0 saturated carbocycles. The molecule has 1 aromatic heterocycles. The maximum Gasteiger partial charge on any atom is 0.307 e. The van der Waals surface area contributed by atoms with Gasteiger partial charge in [0, 0.05) is 11.8 Å². The molecule has 0 amide bonds. The van der Waals surface area contributed by atoms with Gasteiger partial charge in [-0.25, -0.2) is 4.39 Å². The van der Waals surface area contributed by atoms with Gasteiger partial charge in [0.2, 0.25) is 0 Å². The fourth-order valence-corrected chi connectivity index (χ4v) is 1.87. The lowest BCUT2D eigenvalue weighted by molar-refractivity contribution is -0.136. The molecule has 0 aliphatic heterocycles. The fraction of sp³-hybridized carbons (Fsp3) is 0.333. The van der Waals surface area contributed by atoms with Crippen molar-refractivity contribution in [1.29, 1.82) is 0 Å². The molecule has 0 saturated heterocycles. The summed E-state index contributed by atoms with van der Waals surface area (Å²) in [5.41, 5.74) is 1.54. The summed E-state index contributed by atoms with van der Waals surface area (Å²) >= 11 is 0. The molecule has 5 heteroatoms. The van der Waals surface area contributed by atoms with Crippen molar-refractivity contribution in [3.63, 3.8) is 0 Å². The normalized spacial score (nSPS) is 11.6. The second kappa shape index (κ2) is 5.07. The Kier molecular flexibility index (Phi) is 3.61. The monoisotopic (exact) mass is 276 g/mol. The molecule has 0 spiro atoms. The molecule has 20 heavy (non-hydrogen) atoms. The number of carboxylic acids is 1. The third-order valence-electron chi connectivity index (χ3n) is 3.00. The highest BCUT2D eigenvalue weighted by molar-refractivity contribution is 5.71. The average molecular weight is 276 g/mol. The lowest BCUT2D eigenvalue weighted by atomic mass is 10.0. The van der Waals surface area contributed by atoms with E-state index in [0.717, 1.165) is 5.56 Å². The predicted octanol–water partition coefficient (Wildman–Crippen LogP) is 3.07. The highest BCUT2D eigenvalue weighted by atomic mass is 19.1. The number of aliphatic carboxylic acids is 1. The van der Waals surface area contributed by atoms with Crippen molar-refractivity contribution >= 4 is 5.97 Å². The van der Waals surface area contributed by atoms with Crippen molar-refractivity contribution in [3.05, 3.63) is 42.0 Å². The highest BCUT2D eigenvalue weighted by Crippen LogP contribution is 2.24. The second-order valence-corrected chi connectivity index (χ2v) is 5.72. The van der Waals surface area contributed by atoms with Crippen LogP contribution in [0.3, 0.4) is 0 Å². The Labute approximate surface area is 116 Å². The third-order valence-corrected chi connectivity index (χ3v) is 3.00. The molecule has 2 rings (SSSR count). The SMILES string of the molecule is CC(C)(C)n1cc(-c2ccc(CC(=O)O)c(F)c2)cn1. The number of halogens is 1. The quantitative estimate of drug-likeness (QED) is 0.937. The van der Waals surface area contributed by atoms with E-state index < -0.39 is 11.8 Å². The first kappa shape index (κ1) is 14.2. The van der Waals surface area contributed by atoms with E-state index in [-0.39, 0.29) is 17.5 Å². The van der Waals surface area contributed by atoms with Gasteiger partial charge in [-0.2, -0.15) is 5.10 Å². The molecule has 0 fully saturated rings. The maximum absolute atomic E-state index is 13.8. The van der Waals surface area contributed by atoms with Gasteiger partial charge in [0.05, 0.1) is 18.2 Å². The van der Waals surface area contributed by atoms with Gasteiger partial charge in [0.25, 0.3) is 0 Å². The predicted molar refractivity (Wildman–Crippen MR) is 74.0 cm³/mol. The molecule has 0 atom stereocenters. The van der Waals surface area contributed by atoms with Crippen LogP contribution < -0.4 is 0 Å². The van der Waals surface area contributed by atoms with Crippen molar-refractivity contribution in [2.75, 3.05) is 0 Å².